The molecule has 0 radical (unpaired) electrons. The first-order valence-corrected chi connectivity index (χ1v) is 4.95. The highest BCUT2D eigenvalue weighted by Gasteiger charge is 2.34. The highest BCUT2D eigenvalue weighted by Crippen LogP contribution is 2.04. The first-order chi connectivity index (χ1) is 7.91. The van der Waals surface area contributed by atoms with E-state index in [0.29, 0.717) is 0 Å². The van der Waals surface area contributed by atoms with Gasteiger partial charge in [0.25, 0.3) is 0 Å². The molecule has 0 aromatic carbocycles. The van der Waals surface area contributed by atoms with E-state index >= 15 is 0 Å². The van der Waals surface area contributed by atoms with Crippen LogP contribution in [-0.2, 0) is 19.2 Å². The fourth-order valence-corrected chi connectivity index (χ4v) is 1.43. The molecular formula is C9H13N3O5. The zero-order chi connectivity index (χ0) is 13.0. The Morgan fingerprint density at radius 3 is 2.71 bits per heavy atom. The van der Waals surface area contributed by atoms with Gasteiger partial charge in [-0.1, -0.05) is 0 Å². The third-order valence-corrected chi connectivity index (χ3v) is 2.28. The summed E-state index contributed by atoms with van der Waals surface area (Å²) in [5.41, 5.74) is 0. The van der Waals surface area contributed by atoms with Crippen LogP contribution in [0.4, 0.5) is 0 Å². The zero-order valence-electron chi connectivity index (χ0n) is 9.23. The summed E-state index contributed by atoms with van der Waals surface area (Å²) in [5.74, 6) is -2.60. The topological polar surface area (TPSA) is 116 Å². The van der Waals surface area contributed by atoms with Crippen LogP contribution in [0.3, 0.4) is 0 Å². The highest BCUT2D eigenvalue weighted by atomic mass is 16.4. The van der Waals surface area contributed by atoms with E-state index in [1.165, 1.54) is 6.92 Å². The molecule has 3 amide bonds. The number of amides is 3. The predicted molar refractivity (Wildman–Crippen MR) is 54.8 cm³/mol. The summed E-state index contributed by atoms with van der Waals surface area (Å²) in [6.45, 7) is 0.493. The average molecular weight is 243 g/mol. The highest BCUT2D eigenvalue weighted by molar-refractivity contribution is 5.93. The molecule has 0 aliphatic carbocycles. The minimum Gasteiger partial charge on any atom is -0.480 e. The quantitative estimate of drug-likeness (QED) is 0.508. The molecule has 0 bridgehead atoms. The summed E-state index contributed by atoms with van der Waals surface area (Å²) >= 11 is 0. The van der Waals surface area contributed by atoms with E-state index in [-0.39, 0.29) is 19.6 Å². The molecule has 0 spiro atoms. The van der Waals surface area contributed by atoms with Gasteiger partial charge in [0.05, 0.1) is 6.54 Å². The standard InChI is InChI=1S/C9H13N3O5/c1-5(13)10-3-8(15)12-4-7(14)11-2-6(12)9(16)17/h6H,2-4H2,1H3,(H,10,13)(H,11,14)(H,16,17). The first kappa shape index (κ1) is 12.9. The van der Waals surface area contributed by atoms with Crippen molar-refractivity contribution in [3.63, 3.8) is 0 Å². The molecule has 1 atom stereocenters. The molecule has 0 saturated carbocycles. The maximum Gasteiger partial charge on any atom is 0.328 e. The molecular weight excluding hydrogens is 230 g/mol. The number of carbonyl (C=O) groups is 4. The van der Waals surface area contributed by atoms with Crippen molar-refractivity contribution in [1.82, 2.24) is 15.5 Å². The predicted octanol–water partition coefficient (Wildman–Crippen LogP) is -2.47. The maximum atomic E-state index is 11.6. The third kappa shape index (κ3) is 3.44. The number of nitrogens with zero attached hydrogens (tertiary/aromatic N) is 1. The van der Waals surface area contributed by atoms with Crippen molar-refractivity contribution in [2.45, 2.75) is 13.0 Å². The summed E-state index contributed by atoms with van der Waals surface area (Å²) < 4.78 is 0. The van der Waals surface area contributed by atoms with E-state index in [2.05, 4.69) is 10.6 Å². The van der Waals surface area contributed by atoms with Crippen LogP contribution in [0.5, 0.6) is 0 Å². The Balaban J connectivity index is 2.68. The molecule has 1 heterocycles. The first-order valence-electron chi connectivity index (χ1n) is 4.95. The molecule has 0 aromatic heterocycles. The largest absolute Gasteiger partial charge is 0.480 e. The molecule has 1 saturated heterocycles. The molecule has 1 unspecified atom stereocenters. The number of aliphatic carboxylic acids is 1. The van der Waals surface area contributed by atoms with Gasteiger partial charge in [-0.2, -0.15) is 0 Å². The summed E-state index contributed by atoms with van der Waals surface area (Å²) in [6, 6.07) is -1.09. The van der Waals surface area contributed by atoms with Gasteiger partial charge < -0.3 is 20.6 Å². The van der Waals surface area contributed by atoms with Crippen molar-refractivity contribution in [3.8, 4) is 0 Å². The second-order valence-electron chi connectivity index (χ2n) is 3.59. The van der Waals surface area contributed by atoms with Crippen molar-refractivity contribution in [1.29, 1.82) is 0 Å². The van der Waals surface area contributed by atoms with Crippen molar-refractivity contribution in [2.24, 2.45) is 0 Å². The Kier molecular flexibility index (Phi) is 4.02. The van der Waals surface area contributed by atoms with E-state index < -0.39 is 29.7 Å². The number of hydrogen-bond donors (Lipinski definition) is 3. The fraction of sp³-hybridized carbons (Fsp3) is 0.556. The van der Waals surface area contributed by atoms with Gasteiger partial charge in [-0.05, 0) is 0 Å². The summed E-state index contributed by atoms with van der Waals surface area (Å²) in [4.78, 5) is 45.2. The minimum atomic E-state index is -1.19. The van der Waals surface area contributed by atoms with Crippen LogP contribution in [0.15, 0.2) is 0 Å². The lowest BCUT2D eigenvalue weighted by Crippen LogP contribution is -2.60. The number of carbonyl (C=O) groups excluding carboxylic acids is 3. The van der Waals surface area contributed by atoms with E-state index in [1.807, 2.05) is 0 Å². The van der Waals surface area contributed by atoms with Gasteiger partial charge in [0.2, 0.25) is 17.7 Å². The molecule has 1 aliphatic rings. The molecule has 17 heavy (non-hydrogen) atoms. The smallest absolute Gasteiger partial charge is 0.328 e. The Bertz CT molecular complexity index is 368. The number of rotatable bonds is 3. The molecule has 1 aliphatic heterocycles. The summed E-state index contributed by atoms with van der Waals surface area (Å²) in [7, 11) is 0. The van der Waals surface area contributed by atoms with Gasteiger partial charge in [0, 0.05) is 13.5 Å². The lowest BCUT2D eigenvalue weighted by Gasteiger charge is -2.32. The van der Waals surface area contributed by atoms with Crippen LogP contribution in [0, 0.1) is 0 Å². The summed E-state index contributed by atoms with van der Waals surface area (Å²) in [5, 5.41) is 13.5. The molecule has 8 nitrogen and oxygen atoms in total. The monoisotopic (exact) mass is 243 g/mol. The van der Waals surface area contributed by atoms with Gasteiger partial charge in [-0.3, -0.25) is 14.4 Å². The van der Waals surface area contributed by atoms with Gasteiger partial charge in [-0.25, -0.2) is 4.79 Å². The van der Waals surface area contributed by atoms with Crippen LogP contribution in [0.2, 0.25) is 0 Å². The molecule has 1 fully saturated rings. The van der Waals surface area contributed by atoms with Crippen molar-refractivity contribution in [3.05, 3.63) is 0 Å². The second kappa shape index (κ2) is 5.28. The molecule has 8 heteroatoms. The molecule has 94 valence electrons. The molecule has 0 aromatic rings. The third-order valence-electron chi connectivity index (χ3n) is 2.28. The van der Waals surface area contributed by atoms with Crippen molar-refractivity contribution < 1.29 is 24.3 Å². The lowest BCUT2D eigenvalue weighted by atomic mass is 10.2. The number of piperazine rings is 1. The lowest BCUT2D eigenvalue weighted by molar-refractivity contribution is -0.153. The van der Waals surface area contributed by atoms with Gasteiger partial charge in [0.1, 0.15) is 12.6 Å². The Labute approximate surface area is 97.0 Å². The number of carboxylic acid groups (broad SMARTS) is 1. The SMILES string of the molecule is CC(=O)NCC(=O)N1CC(=O)NCC1C(=O)O. The van der Waals surface area contributed by atoms with Crippen molar-refractivity contribution in [2.75, 3.05) is 19.6 Å². The summed E-state index contributed by atoms with van der Waals surface area (Å²) in [6.07, 6.45) is 0. The van der Waals surface area contributed by atoms with Gasteiger partial charge >= 0.3 is 5.97 Å². The number of nitrogens with one attached hydrogen (secondary N) is 2. The van der Waals surface area contributed by atoms with E-state index in [0.717, 1.165) is 4.90 Å². The van der Waals surface area contributed by atoms with Crippen LogP contribution in [-0.4, -0.2) is 59.4 Å². The van der Waals surface area contributed by atoms with Gasteiger partial charge in [0.15, 0.2) is 0 Å². The maximum absolute atomic E-state index is 11.6. The fourth-order valence-electron chi connectivity index (χ4n) is 1.43. The number of hydrogen-bond acceptors (Lipinski definition) is 4. The van der Waals surface area contributed by atoms with Crippen molar-refractivity contribution >= 4 is 23.7 Å². The minimum absolute atomic E-state index is 0.125. The Morgan fingerprint density at radius 1 is 1.53 bits per heavy atom. The number of carboxylic acids is 1. The van der Waals surface area contributed by atoms with Crippen LogP contribution >= 0.6 is 0 Å². The Hall–Kier alpha value is -2.12. The Morgan fingerprint density at radius 2 is 2.18 bits per heavy atom. The van der Waals surface area contributed by atoms with E-state index in [9.17, 15) is 19.2 Å². The van der Waals surface area contributed by atoms with Crippen LogP contribution in [0.1, 0.15) is 6.92 Å². The van der Waals surface area contributed by atoms with E-state index in [4.69, 9.17) is 5.11 Å². The second-order valence-corrected chi connectivity index (χ2v) is 3.59. The van der Waals surface area contributed by atoms with Gasteiger partial charge in [-0.15, -0.1) is 0 Å². The normalized spacial score (nSPS) is 19.5. The zero-order valence-corrected chi connectivity index (χ0v) is 9.23. The average Bonchev–Trinajstić information content (AvgIpc) is 2.25. The molecule has 3 N–H and O–H groups in total. The van der Waals surface area contributed by atoms with Crippen LogP contribution < -0.4 is 10.6 Å². The molecule has 1 rings (SSSR count). The van der Waals surface area contributed by atoms with E-state index in [1.54, 1.807) is 0 Å². The van der Waals surface area contributed by atoms with Crippen LogP contribution in [0.25, 0.3) is 0 Å².